The maximum atomic E-state index is 12.3. The van der Waals surface area contributed by atoms with Gasteiger partial charge in [0.1, 0.15) is 5.75 Å². The van der Waals surface area contributed by atoms with Crippen LogP contribution in [-0.4, -0.2) is 38.4 Å². The maximum absolute atomic E-state index is 12.3. The predicted octanol–water partition coefficient (Wildman–Crippen LogP) is 4.18. The summed E-state index contributed by atoms with van der Waals surface area (Å²) < 4.78 is 16.4. The van der Waals surface area contributed by atoms with E-state index in [1.165, 1.54) is 13.3 Å². The Balaban J connectivity index is 1.60. The van der Waals surface area contributed by atoms with E-state index in [2.05, 4.69) is 15.8 Å². The Labute approximate surface area is 198 Å². The number of amides is 2. The lowest BCUT2D eigenvalue weighted by Crippen LogP contribution is -2.20. The molecule has 0 atom stereocenters. The van der Waals surface area contributed by atoms with Gasteiger partial charge in [-0.1, -0.05) is 18.2 Å². The summed E-state index contributed by atoms with van der Waals surface area (Å²) in [6.45, 7) is 4.05. The third-order valence-corrected chi connectivity index (χ3v) is 4.64. The van der Waals surface area contributed by atoms with Crippen molar-refractivity contribution in [1.29, 1.82) is 0 Å². The summed E-state index contributed by atoms with van der Waals surface area (Å²) in [5.41, 5.74) is 5.36. The second kappa shape index (κ2) is 12.1. The Morgan fingerprint density at radius 3 is 2.56 bits per heavy atom. The predicted molar refractivity (Wildman–Crippen MR) is 131 cm³/mol. The lowest BCUT2D eigenvalue weighted by Gasteiger charge is -2.13. The first kappa shape index (κ1) is 24.3. The molecule has 176 valence electrons. The van der Waals surface area contributed by atoms with Crippen molar-refractivity contribution in [3.8, 4) is 17.2 Å². The molecule has 0 fully saturated rings. The second-order valence-corrected chi connectivity index (χ2v) is 7.28. The smallest absolute Gasteiger partial charge is 0.271 e. The first-order valence-corrected chi connectivity index (χ1v) is 10.7. The van der Waals surface area contributed by atoms with Crippen LogP contribution in [0.2, 0.25) is 0 Å². The minimum absolute atomic E-state index is 0.169. The lowest BCUT2D eigenvalue weighted by atomic mass is 10.2. The number of benzene rings is 3. The first-order valence-electron chi connectivity index (χ1n) is 10.7. The van der Waals surface area contributed by atoms with Crippen molar-refractivity contribution < 1.29 is 23.8 Å². The van der Waals surface area contributed by atoms with E-state index in [4.69, 9.17) is 14.2 Å². The standard InChI is InChI=1S/C26H27N3O5/c1-4-33-24-14-19(16-27-29-26(31)20-8-6-10-22(15-20)32-3)11-12-23(24)34-17-25(30)28-21-9-5-7-18(2)13-21/h5-16H,4,17H2,1-3H3,(H,28,30)(H,29,31)/b27-16+. The number of aryl methyl sites for hydroxylation is 1. The van der Waals surface area contributed by atoms with Crippen LogP contribution in [0.4, 0.5) is 5.69 Å². The van der Waals surface area contributed by atoms with E-state index in [0.717, 1.165) is 5.56 Å². The molecule has 0 unspecified atom stereocenters. The topological polar surface area (TPSA) is 98.2 Å². The number of hydrogen-bond donors (Lipinski definition) is 2. The molecule has 2 amide bonds. The Morgan fingerprint density at radius 1 is 0.971 bits per heavy atom. The van der Waals surface area contributed by atoms with Crippen LogP contribution in [0.3, 0.4) is 0 Å². The van der Waals surface area contributed by atoms with Crippen LogP contribution >= 0.6 is 0 Å². The highest BCUT2D eigenvalue weighted by atomic mass is 16.5. The highest BCUT2D eigenvalue weighted by Crippen LogP contribution is 2.28. The largest absolute Gasteiger partial charge is 0.497 e. The van der Waals surface area contributed by atoms with E-state index in [9.17, 15) is 9.59 Å². The quantitative estimate of drug-likeness (QED) is 0.349. The molecule has 0 aromatic heterocycles. The van der Waals surface area contributed by atoms with Gasteiger partial charge >= 0.3 is 0 Å². The number of anilines is 1. The van der Waals surface area contributed by atoms with Gasteiger partial charge in [0, 0.05) is 11.3 Å². The number of ether oxygens (including phenoxy) is 3. The van der Waals surface area contributed by atoms with Crippen LogP contribution in [0.25, 0.3) is 0 Å². The molecule has 8 heteroatoms. The molecule has 3 aromatic carbocycles. The zero-order valence-electron chi connectivity index (χ0n) is 19.3. The van der Waals surface area contributed by atoms with E-state index in [-0.39, 0.29) is 18.4 Å². The van der Waals surface area contributed by atoms with Crippen molar-refractivity contribution >= 4 is 23.7 Å². The van der Waals surface area contributed by atoms with Crippen LogP contribution in [0.5, 0.6) is 17.2 Å². The van der Waals surface area contributed by atoms with Crippen LogP contribution in [0.15, 0.2) is 71.8 Å². The highest BCUT2D eigenvalue weighted by molar-refractivity contribution is 5.95. The molecule has 34 heavy (non-hydrogen) atoms. The van der Waals surface area contributed by atoms with E-state index < -0.39 is 0 Å². The van der Waals surface area contributed by atoms with Gasteiger partial charge < -0.3 is 19.5 Å². The molecular weight excluding hydrogens is 434 g/mol. The van der Waals surface area contributed by atoms with Crippen molar-refractivity contribution in [2.45, 2.75) is 13.8 Å². The molecule has 3 aromatic rings. The number of nitrogens with one attached hydrogen (secondary N) is 2. The van der Waals surface area contributed by atoms with Gasteiger partial charge in [-0.3, -0.25) is 9.59 Å². The van der Waals surface area contributed by atoms with E-state index in [0.29, 0.717) is 40.7 Å². The van der Waals surface area contributed by atoms with Gasteiger partial charge in [0.25, 0.3) is 11.8 Å². The summed E-state index contributed by atoms with van der Waals surface area (Å²) in [7, 11) is 1.54. The number of hydrogen-bond acceptors (Lipinski definition) is 6. The molecule has 0 radical (unpaired) electrons. The van der Waals surface area contributed by atoms with Gasteiger partial charge in [-0.2, -0.15) is 5.10 Å². The van der Waals surface area contributed by atoms with Gasteiger partial charge in [-0.15, -0.1) is 0 Å². The number of nitrogens with zero attached hydrogens (tertiary/aromatic N) is 1. The summed E-state index contributed by atoms with van der Waals surface area (Å²) in [6, 6.07) is 19.5. The van der Waals surface area contributed by atoms with Crippen molar-refractivity contribution in [3.05, 3.63) is 83.4 Å². The van der Waals surface area contributed by atoms with Gasteiger partial charge in [-0.25, -0.2) is 5.43 Å². The van der Waals surface area contributed by atoms with Crippen LogP contribution < -0.4 is 25.0 Å². The Morgan fingerprint density at radius 2 is 1.79 bits per heavy atom. The molecule has 0 saturated carbocycles. The number of carbonyl (C=O) groups is 2. The Kier molecular flexibility index (Phi) is 8.62. The highest BCUT2D eigenvalue weighted by Gasteiger charge is 2.10. The molecule has 8 nitrogen and oxygen atoms in total. The van der Waals surface area contributed by atoms with Gasteiger partial charge in [0.15, 0.2) is 18.1 Å². The number of methoxy groups -OCH3 is 1. The number of rotatable bonds is 10. The minimum atomic E-state index is -0.361. The average molecular weight is 462 g/mol. The zero-order valence-corrected chi connectivity index (χ0v) is 19.3. The van der Waals surface area contributed by atoms with Gasteiger partial charge in [-0.05, 0) is 73.5 Å². The fraction of sp³-hybridized carbons (Fsp3) is 0.192. The summed E-state index contributed by atoms with van der Waals surface area (Å²) in [4.78, 5) is 24.5. The van der Waals surface area contributed by atoms with Crippen molar-refractivity contribution in [2.24, 2.45) is 5.10 Å². The van der Waals surface area contributed by atoms with Crippen molar-refractivity contribution in [3.63, 3.8) is 0 Å². The molecule has 0 bridgehead atoms. The van der Waals surface area contributed by atoms with Gasteiger partial charge in [0.2, 0.25) is 0 Å². The van der Waals surface area contributed by atoms with E-state index >= 15 is 0 Å². The SMILES string of the molecule is CCOc1cc(/C=N/NC(=O)c2cccc(OC)c2)ccc1OCC(=O)Nc1cccc(C)c1. The lowest BCUT2D eigenvalue weighted by molar-refractivity contribution is -0.118. The molecule has 0 spiro atoms. The summed E-state index contributed by atoms with van der Waals surface area (Å²) in [5, 5.41) is 6.81. The molecule has 0 aliphatic heterocycles. The number of carbonyl (C=O) groups excluding carboxylic acids is 2. The van der Waals surface area contributed by atoms with Crippen LogP contribution in [0, 0.1) is 6.92 Å². The summed E-state index contributed by atoms with van der Waals surface area (Å²) in [5.74, 6) is 0.840. The average Bonchev–Trinajstić information content (AvgIpc) is 2.83. The Bertz CT molecular complexity index is 1180. The van der Waals surface area contributed by atoms with E-state index in [1.54, 1.807) is 42.5 Å². The Hall–Kier alpha value is -4.33. The second-order valence-electron chi connectivity index (χ2n) is 7.28. The maximum Gasteiger partial charge on any atom is 0.271 e. The van der Waals surface area contributed by atoms with Crippen molar-refractivity contribution in [2.75, 3.05) is 25.6 Å². The normalized spacial score (nSPS) is 10.6. The number of hydrazone groups is 1. The van der Waals surface area contributed by atoms with Crippen molar-refractivity contribution in [1.82, 2.24) is 5.43 Å². The molecule has 0 saturated heterocycles. The van der Waals surface area contributed by atoms with Crippen LogP contribution in [-0.2, 0) is 4.79 Å². The minimum Gasteiger partial charge on any atom is -0.497 e. The monoisotopic (exact) mass is 461 g/mol. The zero-order chi connectivity index (χ0) is 24.3. The molecule has 2 N–H and O–H groups in total. The fourth-order valence-electron chi connectivity index (χ4n) is 3.05. The molecule has 0 aliphatic rings. The molecule has 3 rings (SSSR count). The molecule has 0 aliphatic carbocycles. The third-order valence-electron chi connectivity index (χ3n) is 4.64. The first-order chi connectivity index (χ1) is 16.5. The van der Waals surface area contributed by atoms with E-state index in [1.807, 2.05) is 38.1 Å². The molecular formula is C26H27N3O5. The summed E-state index contributed by atoms with van der Waals surface area (Å²) in [6.07, 6.45) is 1.49. The van der Waals surface area contributed by atoms with Gasteiger partial charge in [0.05, 0.1) is 19.9 Å². The third kappa shape index (κ3) is 7.09. The van der Waals surface area contributed by atoms with Crippen LogP contribution in [0.1, 0.15) is 28.4 Å². The molecule has 0 heterocycles. The summed E-state index contributed by atoms with van der Waals surface area (Å²) >= 11 is 0. The fourth-order valence-corrected chi connectivity index (χ4v) is 3.05.